The van der Waals surface area contributed by atoms with E-state index in [1.807, 2.05) is 19.9 Å². The zero-order valence-corrected chi connectivity index (χ0v) is 22.8. The largest absolute Gasteiger partial charge is 0.497 e. The first-order valence-electron chi connectivity index (χ1n) is 12.7. The topological polar surface area (TPSA) is 111 Å². The molecular formula is C29H30FN3O5S. The van der Waals surface area contributed by atoms with Crippen LogP contribution in [0.5, 0.6) is 11.6 Å². The minimum atomic E-state index is -4.45. The van der Waals surface area contributed by atoms with E-state index < -0.39 is 38.2 Å². The molecule has 0 radical (unpaired) electrons. The van der Waals surface area contributed by atoms with Crippen LogP contribution in [0.15, 0.2) is 81.4 Å². The molecule has 0 spiro atoms. The van der Waals surface area contributed by atoms with Crippen molar-refractivity contribution < 1.29 is 22.7 Å². The van der Waals surface area contributed by atoms with E-state index >= 15 is 0 Å². The van der Waals surface area contributed by atoms with Gasteiger partial charge in [-0.3, -0.25) is 9.36 Å². The van der Waals surface area contributed by atoms with Crippen LogP contribution in [0, 0.1) is 5.95 Å². The van der Waals surface area contributed by atoms with Crippen molar-refractivity contribution in [1.29, 1.82) is 0 Å². The van der Waals surface area contributed by atoms with Crippen molar-refractivity contribution in [2.45, 2.75) is 55.4 Å². The predicted molar refractivity (Wildman–Crippen MR) is 145 cm³/mol. The Kier molecular flexibility index (Phi) is 8.44. The molecule has 10 heteroatoms. The highest BCUT2D eigenvalue weighted by molar-refractivity contribution is 7.91. The standard InChI is InChI=1S/C29H30FN3O5S/c1-4-6-10-26-32-28(34)27(29(35)33(26)24(5-2)20-8-7-9-22(17-20)38-3)39(36,37)23-14-11-19(12-15-23)21-13-16-25(30)31-18-21/h7-9,11-18,24,34H,4-6,10H2,1-3H3/t24-/m0/s1. The summed E-state index contributed by atoms with van der Waals surface area (Å²) in [6.07, 6.45) is 3.72. The molecule has 0 fully saturated rings. The van der Waals surface area contributed by atoms with E-state index in [4.69, 9.17) is 4.74 Å². The van der Waals surface area contributed by atoms with Gasteiger partial charge in [0, 0.05) is 18.2 Å². The minimum Gasteiger partial charge on any atom is -0.497 e. The van der Waals surface area contributed by atoms with Crippen molar-refractivity contribution in [2.24, 2.45) is 0 Å². The first-order valence-corrected chi connectivity index (χ1v) is 14.1. The summed E-state index contributed by atoms with van der Waals surface area (Å²) in [6.45, 7) is 3.89. The number of unbranched alkanes of at least 4 members (excludes halogenated alkanes) is 1. The van der Waals surface area contributed by atoms with Gasteiger partial charge in [0.1, 0.15) is 11.6 Å². The van der Waals surface area contributed by atoms with Gasteiger partial charge < -0.3 is 9.84 Å². The van der Waals surface area contributed by atoms with Gasteiger partial charge in [-0.05, 0) is 60.4 Å². The van der Waals surface area contributed by atoms with Crippen molar-refractivity contribution in [3.05, 3.63) is 94.5 Å². The van der Waals surface area contributed by atoms with Crippen molar-refractivity contribution in [1.82, 2.24) is 14.5 Å². The molecule has 0 bridgehead atoms. The Bertz CT molecular complexity index is 1620. The van der Waals surface area contributed by atoms with E-state index in [1.165, 1.54) is 47.2 Å². The summed E-state index contributed by atoms with van der Waals surface area (Å²) in [7, 11) is -2.90. The fourth-order valence-corrected chi connectivity index (χ4v) is 5.87. The van der Waals surface area contributed by atoms with Crippen molar-refractivity contribution in [3.8, 4) is 22.8 Å². The molecule has 2 aromatic carbocycles. The maximum absolute atomic E-state index is 14.0. The maximum atomic E-state index is 14.0. The molecule has 2 aromatic heterocycles. The molecule has 0 aliphatic heterocycles. The van der Waals surface area contributed by atoms with Crippen LogP contribution in [0.3, 0.4) is 0 Å². The SMILES string of the molecule is CCCCc1nc(O)c(S(=O)(=O)c2ccc(-c3ccc(F)nc3)cc2)c(=O)n1[C@@H](CC)c1cccc(OC)c1. The molecule has 4 aromatic rings. The molecule has 8 nitrogen and oxygen atoms in total. The number of sulfone groups is 1. The van der Waals surface area contributed by atoms with E-state index in [0.29, 0.717) is 42.0 Å². The fraction of sp³-hybridized carbons (Fsp3) is 0.276. The van der Waals surface area contributed by atoms with E-state index in [0.717, 1.165) is 12.0 Å². The summed E-state index contributed by atoms with van der Waals surface area (Å²) >= 11 is 0. The van der Waals surface area contributed by atoms with Crippen LogP contribution in [0.25, 0.3) is 11.1 Å². The number of hydrogen-bond donors (Lipinski definition) is 1. The van der Waals surface area contributed by atoms with Gasteiger partial charge in [0.15, 0.2) is 4.90 Å². The lowest BCUT2D eigenvalue weighted by Crippen LogP contribution is -2.33. The number of aromatic nitrogens is 3. The normalized spacial score (nSPS) is 12.3. The molecule has 0 unspecified atom stereocenters. The number of pyridine rings is 1. The molecule has 0 aliphatic carbocycles. The van der Waals surface area contributed by atoms with Crippen LogP contribution in [-0.2, 0) is 16.3 Å². The molecule has 4 rings (SSSR count). The third kappa shape index (κ3) is 5.70. The average molecular weight is 552 g/mol. The molecule has 39 heavy (non-hydrogen) atoms. The summed E-state index contributed by atoms with van der Waals surface area (Å²) in [5, 5.41) is 10.8. The van der Waals surface area contributed by atoms with Crippen molar-refractivity contribution in [2.75, 3.05) is 7.11 Å². The molecular weight excluding hydrogens is 521 g/mol. The van der Waals surface area contributed by atoms with Gasteiger partial charge in [-0.25, -0.2) is 13.4 Å². The summed E-state index contributed by atoms with van der Waals surface area (Å²) in [5.41, 5.74) is 1.12. The number of aromatic hydroxyl groups is 1. The predicted octanol–water partition coefficient (Wildman–Crippen LogP) is 5.33. The monoisotopic (exact) mass is 551 g/mol. The van der Waals surface area contributed by atoms with E-state index in [9.17, 15) is 22.7 Å². The second-order valence-electron chi connectivity index (χ2n) is 9.06. The third-order valence-electron chi connectivity index (χ3n) is 6.55. The average Bonchev–Trinajstić information content (AvgIpc) is 2.94. The number of methoxy groups -OCH3 is 1. The second-order valence-corrected chi connectivity index (χ2v) is 10.9. The quantitative estimate of drug-likeness (QED) is 0.265. The van der Waals surface area contributed by atoms with E-state index in [-0.39, 0.29) is 4.90 Å². The van der Waals surface area contributed by atoms with Gasteiger partial charge in [0.25, 0.3) is 5.56 Å². The van der Waals surface area contributed by atoms with Gasteiger partial charge in [-0.2, -0.15) is 9.37 Å². The lowest BCUT2D eigenvalue weighted by molar-refractivity contribution is 0.402. The Morgan fingerprint density at radius 1 is 1.05 bits per heavy atom. The Balaban J connectivity index is 1.85. The summed E-state index contributed by atoms with van der Waals surface area (Å²) in [5.74, 6) is -0.536. The summed E-state index contributed by atoms with van der Waals surface area (Å²) in [6, 6.07) is 15.2. The Morgan fingerprint density at radius 3 is 2.38 bits per heavy atom. The highest BCUT2D eigenvalue weighted by atomic mass is 32.2. The minimum absolute atomic E-state index is 0.183. The molecule has 0 saturated carbocycles. The molecule has 0 saturated heterocycles. The van der Waals surface area contributed by atoms with Crippen LogP contribution in [-0.4, -0.2) is 35.2 Å². The van der Waals surface area contributed by atoms with E-state index in [2.05, 4.69) is 9.97 Å². The summed E-state index contributed by atoms with van der Waals surface area (Å²) < 4.78 is 47.3. The second kappa shape index (κ2) is 11.8. The zero-order valence-electron chi connectivity index (χ0n) is 22.0. The van der Waals surface area contributed by atoms with Crippen LogP contribution in [0.1, 0.15) is 50.5 Å². The van der Waals surface area contributed by atoms with Gasteiger partial charge in [0.05, 0.1) is 18.0 Å². The highest BCUT2D eigenvalue weighted by Gasteiger charge is 2.31. The van der Waals surface area contributed by atoms with Crippen molar-refractivity contribution in [3.63, 3.8) is 0 Å². The first kappa shape index (κ1) is 28.0. The molecule has 2 heterocycles. The van der Waals surface area contributed by atoms with Crippen LogP contribution in [0.2, 0.25) is 0 Å². The maximum Gasteiger partial charge on any atom is 0.277 e. The number of rotatable bonds is 10. The first-order chi connectivity index (χ1) is 18.7. The number of hydrogen-bond acceptors (Lipinski definition) is 7. The highest BCUT2D eigenvalue weighted by Crippen LogP contribution is 2.31. The number of ether oxygens (including phenoxy) is 1. The fourth-order valence-electron chi connectivity index (χ4n) is 4.52. The van der Waals surface area contributed by atoms with Gasteiger partial charge in [0.2, 0.25) is 21.7 Å². The lowest BCUT2D eigenvalue weighted by atomic mass is 10.0. The number of nitrogens with zero attached hydrogens (tertiary/aromatic N) is 3. The van der Waals surface area contributed by atoms with Gasteiger partial charge in [-0.15, -0.1) is 0 Å². The smallest absolute Gasteiger partial charge is 0.277 e. The van der Waals surface area contributed by atoms with Crippen LogP contribution < -0.4 is 10.3 Å². The number of benzene rings is 2. The van der Waals surface area contributed by atoms with Crippen LogP contribution in [0.4, 0.5) is 4.39 Å². The summed E-state index contributed by atoms with van der Waals surface area (Å²) in [4.78, 5) is 20.8. The molecule has 204 valence electrons. The lowest BCUT2D eigenvalue weighted by Gasteiger charge is -2.23. The Labute approximate surface area is 226 Å². The molecule has 0 aliphatic rings. The zero-order chi connectivity index (χ0) is 28.2. The Morgan fingerprint density at radius 2 is 1.77 bits per heavy atom. The molecule has 1 N–H and O–H groups in total. The number of halogens is 1. The Hall–Kier alpha value is -4.05. The van der Waals surface area contributed by atoms with Gasteiger partial charge >= 0.3 is 0 Å². The molecule has 1 atom stereocenters. The molecule has 0 amide bonds. The van der Waals surface area contributed by atoms with Crippen LogP contribution >= 0.6 is 0 Å². The number of aryl methyl sites for hydroxylation is 1. The third-order valence-corrected chi connectivity index (χ3v) is 8.34. The van der Waals surface area contributed by atoms with Crippen molar-refractivity contribution >= 4 is 9.84 Å². The van der Waals surface area contributed by atoms with E-state index in [1.54, 1.807) is 25.3 Å². The van der Waals surface area contributed by atoms with Gasteiger partial charge in [-0.1, -0.05) is 44.5 Å².